The topological polar surface area (TPSA) is 141 Å². The molecule has 5 heterocycles. The number of methoxy groups -OCH3 is 1. The van der Waals surface area contributed by atoms with E-state index in [4.69, 9.17) is 32.9 Å². The number of fused-ring (bicyclic) bond motifs is 1. The zero-order valence-electron chi connectivity index (χ0n) is 28.7. The van der Waals surface area contributed by atoms with Crippen LogP contribution in [0, 0.1) is 5.41 Å². The van der Waals surface area contributed by atoms with E-state index in [1.807, 2.05) is 60.7 Å². The zero-order chi connectivity index (χ0) is 36.4. The fourth-order valence-corrected chi connectivity index (χ4v) is 7.81. The molecule has 2 aliphatic heterocycles. The van der Waals surface area contributed by atoms with E-state index in [-0.39, 0.29) is 30.7 Å². The maximum Gasteiger partial charge on any atom is 0.262 e. The van der Waals surface area contributed by atoms with Crippen molar-refractivity contribution in [3.63, 3.8) is 0 Å². The zero-order valence-corrected chi connectivity index (χ0v) is 30.3. The molecular weight excluding hydrogens is 703 g/mol. The number of pyridine rings is 2. The lowest BCUT2D eigenvalue weighted by Gasteiger charge is -2.24. The van der Waals surface area contributed by atoms with Crippen molar-refractivity contribution in [1.82, 2.24) is 29.9 Å². The highest BCUT2D eigenvalue weighted by atomic mass is 35.5. The molecule has 2 aliphatic rings. The van der Waals surface area contributed by atoms with Gasteiger partial charge in [-0.05, 0) is 43.1 Å². The van der Waals surface area contributed by atoms with Crippen molar-refractivity contribution in [2.45, 2.75) is 38.4 Å². The van der Waals surface area contributed by atoms with Gasteiger partial charge in [-0.1, -0.05) is 65.7 Å². The maximum absolute atomic E-state index is 13.4. The molecule has 1 unspecified atom stereocenters. The molecule has 0 bridgehead atoms. The number of carbonyl (C=O) groups is 1. The molecule has 2 aromatic carbocycles. The summed E-state index contributed by atoms with van der Waals surface area (Å²) in [6, 6.07) is 19.2. The number of ether oxygens (including phenoxy) is 1. The predicted octanol–water partition coefficient (Wildman–Crippen LogP) is 4.95. The summed E-state index contributed by atoms with van der Waals surface area (Å²) in [5.41, 5.74) is 5.62. The molecular formula is C39H40Cl2N6O5. The van der Waals surface area contributed by atoms with Gasteiger partial charge in [0.2, 0.25) is 11.8 Å². The van der Waals surface area contributed by atoms with Crippen LogP contribution in [0.25, 0.3) is 39.2 Å². The number of nitrogens with zero attached hydrogens (tertiary/aromatic N) is 4. The van der Waals surface area contributed by atoms with Gasteiger partial charge < -0.3 is 25.6 Å². The van der Waals surface area contributed by atoms with Crippen LogP contribution in [0.5, 0.6) is 5.88 Å². The van der Waals surface area contributed by atoms with E-state index in [9.17, 15) is 19.8 Å². The third-order valence-electron chi connectivity index (χ3n) is 10.2. The van der Waals surface area contributed by atoms with Crippen LogP contribution < -0.4 is 20.9 Å². The van der Waals surface area contributed by atoms with Crippen LogP contribution in [0.1, 0.15) is 30.4 Å². The van der Waals surface area contributed by atoms with Crippen molar-refractivity contribution >= 4 is 34.8 Å². The van der Waals surface area contributed by atoms with E-state index in [1.54, 1.807) is 19.5 Å². The van der Waals surface area contributed by atoms with Crippen LogP contribution in [-0.2, 0) is 17.9 Å². The number of hydrogen-bond donors (Lipinski definition) is 4. The van der Waals surface area contributed by atoms with Gasteiger partial charge in [0, 0.05) is 84.3 Å². The summed E-state index contributed by atoms with van der Waals surface area (Å²) < 4.78 is 7.17. The number of aliphatic hydroxyl groups is 2. The lowest BCUT2D eigenvalue weighted by molar-refractivity contribution is -0.119. The summed E-state index contributed by atoms with van der Waals surface area (Å²) in [6.07, 6.45) is 5.37. The van der Waals surface area contributed by atoms with Crippen LogP contribution >= 0.6 is 23.2 Å². The molecule has 4 N–H and O–H groups in total. The molecule has 11 nitrogen and oxygen atoms in total. The van der Waals surface area contributed by atoms with Crippen molar-refractivity contribution in [2.24, 2.45) is 5.41 Å². The van der Waals surface area contributed by atoms with Gasteiger partial charge in [0.15, 0.2) is 0 Å². The fourth-order valence-electron chi connectivity index (χ4n) is 7.14. The van der Waals surface area contributed by atoms with E-state index in [1.165, 1.54) is 4.40 Å². The fraction of sp³-hybridized carbons (Fsp3) is 0.333. The van der Waals surface area contributed by atoms with Gasteiger partial charge in [0.25, 0.3) is 5.56 Å². The van der Waals surface area contributed by atoms with Crippen LogP contribution in [-0.4, -0.2) is 81.4 Å². The quantitative estimate of drug-likeness (QED) is 0.140. The number of halogens is 2. The summed E-state index contributed by atoms with van der Waals surface area (Å²) in [5.74, 6) is 0.576. The van der Waals surface area contributed by atoms with Gasteiger partial charge >= 0.3 is 0 Å². The molecule has 13 heteroatoms. The van der Waals surface area contributed by atoms with E-state index >= 15 is 0 Å². The van der Waals surface area contributed by atoms with Gasteiger partial charge in [0.05, 0.1) is 41.6 Å². The number of aliphatic hydroxyl groups excluding tert-OH is 2. The minimum Gasteiger partial charge on any atom is -0.481 e. The second kappa shape index (κ2) is 15.3. The molecule has 5 aromatic rings. The van der Waals surface area contributed by atoms with Gasteiger partial charge in [-0.25, -0.2) is 9.97 Å². The molecule has 0 radical (unpaired) electrons. The normalized spacial score (nSPS) is 17.2. The highest BCUT2D eigenvalue weighted by Crippen LogP contribution is 2.42. The number of rotatable bonds is 12. The van der Waals surface area contributed by atoms with Crippen molar-refractivity contribution in [1.29, 1.82) is 0 Å². The third kappa shape index (κ3) is 7.17. The Labute approximate surface area is 311 Å². The van der Waals surface area contributed by atoms with Crippen LogP contribution in [0.4, 0.5) is 0 Å². The van der Waals surface area contributed by atoms with E-state index in [0.717, 1.165) is 39.8 Å². The lowest BCUT2D eigenvalue weighted by Crippen LogP contribution is -2.35. The Morgan fingerprint density at radius 2 is 1.71 bits per heavy atom. The first kappa shape index (κ1) is 36.0. The second-order valence-electron chi connectivity index (χ2n) is 13.6. The highest BCUT2D eigenvalue weighted by Gasteiger charge is 2.37. The number of benzene rings is 2. The molecule has 2 fully saturated rings. The molecule has 0 aliphatic carbocycles. The Morgan fingerprint density at radius 1 is 0.981 bits per heavy atom. The molecule has 0 spiro atoms. The summed E-state index contributed by atoms with van der Waals surface area (Å²) in [4.78, 5) is 36.4. The Hall–Kier alpha value is -4.36. The second-order valence-corrected chi connectivity index (χ2v) is 14.4. The minimum absolute atomic E-state index is 0.0899. The number of aromatic nitrogens is 3. The molecule has 1 atom stereocenters. The smallest absolute Gasteiger partial charge is 0.262 e. The maximum atomic E-state index is 13.4. The van der Waals surface area contributed by atoms with E-state index in [2.05, 4.69) is 20.5 Å². The van der Waals surface area contributed by atoms with Crippen molar-refractivity contribution < 1.29 is 19.7 Å². The van der Waals surface area contributed by atoms with Crippen molar-refractivity contribution in [3.8, 4) is 39.4 Å². The number of hydrogen-bond acceptors (Lipinski definition) is 9. The summed E-state index contributed by atoms with van der Waals surface area (Å²) in [6.45, 7) is 2.60. The van der Waals surface area contributed by atoms with Crippen LogP contribution in [0.2, 0.25) is 10.0 Å². The number of amides is 1. The largest absolute Gasteiger partial charge is 0.481 e. The summed E-state index contributed by atoms with van der Waals surface area (Å²) in [5, 5.41) is 26.9. The molecule has 3 aromatic heterocycles. The van der Waals surface area contributed by atoms with Gasteiger partial charge in [0.1, 0.15) is 5.65 Å². The summed E-state index contributed by atoms with van der Waals surface area (Å²) in [7, 11) is 1.59. The Kier molecular flexibility index (Phi) is 10.6. The number of carbonyl (C=O) groups excluding carboxylic acids is 1. The average Bonchev–Trinajstić information content (AvgIpc) is 3.78. The number of likely N-dealkylation sites (tertiary alicyclic amines) is 1. The Balaban J connectivity index is 1.12. The van der Waals surface area contributed by atoms with Gasteiger partial charge in [-0.2, -0.15) is 0 Å². The van der Waals surface area contributed by atoms with Crippen molar-refractivity contribution in [3.05, 3.63) is 105 Å². The first-order valence-corrected chi connectivity index (χ1v) is 18.0. The summed E-state index contributed by atoms with van der Waals surface area (Å²) >= 11 is 14.2. The average molecular weight is 744 g/mol. The standard InChI is InChI=1S/C39H40Cl2N6O5/c1-52-37-25(17-42-19-27-9-11-34(50)44-27)8-10-32(45-37)31-7-3-6-30(36(31)41)29-5-2-4-28(35(29)40)24-12-14-47-33(16-24)43-18-26(38(47)51)20-46-15-13-39(21-46,22-48)23-49/h2-8,10,12,14,16,18,27,42,48-49H,9,11,13,15,17,19-23H2,1H3,(H,44,50). The highest BCUT2D eigenvalue weighted by molar-refractivity contribution is 6.39. The Morgan fingerprint density at radius 3 is 2.40 bits per heavy atom. The monoisotopic (exact) mass is 742 g/mol. The molecule has 2 saturated heterocycles. The molecule has 270 valence electrons. The van der Waals surface area contributed by atoms with E-state index < -0.39 is 5.41 Å². The number of nitrogens with one attached hydrogen (secondary N) is 2. The van der Waals surface area contributed by atoms with Crippen molar-refractivity contribution in [2.75, 3.05) is 40.0 Å². The third-order valence-corrected chi connectivity index (χ3v) is 11.0. The Bertz CT molecular complexity index is 2190. The predicted molar refractivity (Wildman–Crippen MR) is 202 cm³/mol. The molecule has 1 amide bonds. The molecule has 7 rings (SSSR count). The van der Waals surface area contributed by atoms with E-state index in [0.29, 0.717) is 78.4 Å². The van der Waals surface area contributed by atoms with Gasteiger partial charge in [-0.15, -0.1) is 0 Å². The van der Waals surface area contributed by atoms with Gasteiger partial charge in [-0.3, -0.25) is 18.9 Å². The van der Waals surface area contributed by atoms with Crippen LogP contribution in [0.15, 0.2) is 77.9 Å². The van der Waals surface area contributed by atoms with Crippen LogP contribution in [0.3, 0.4) is 0 Å². The first-order chi connectivity index (χ1) is 25.2. The lowest BCUT2D eigenvalue weighted by atomic mass is 9.89. The molecule has 52 heavy (non-hydrogen) atoms. The SMILES string of the molecule is COc1nc(-c2cccc(-c3cccc(-c4ccn5c(=O)c(CN6CCC(CO)(CO)C6)cnc5c4)c3Cl)c2Cl)ccc1CNCC1CCC(=O)N1. The molecule has 0 saturated carbocycles. The minimum atomic E-state index is -0.541. The first-order valence-electron chi connectivity index (χ1n) is 17.3.